The van der Waals surface area contributed by atoms with Crippen molar-refractivity contribution in [3.8, 4) is 22.5 Å². The van der Waals surface area contributed by atoms with E-state index in [4.69, 9.17) is 5.11 Å². The summed E-state index contributed by atoms with van der Waals surface area (Å²) in [4.78, 5) is 15.4. The number of imidazole rings is 1. The average molecular weight is 329 g/mol. The van der Waals surface area contributed by atoms with E-state index in [2.05, 4.69) is 4.98 Å². The largest absolute Gasteiger partial charge is 0.481 e. The molecule has 0 unspecified atom stereocenters. The van der Waals surface area contributed by atoms with Gasteiger partial charge in [-0.1, -0.05) is 60.7 Å². The lowest BCUT2D eigenvalue weighted by Crippen LogP contribution is -2.05. The third-order valence-corrected chi connectivity index (χ3v) is 3.50. The van der Waals surface area contributed by atoms with Crippen LogP contribution in [0.5, 0.6) is 0 Å². The van der Waals surface area contributed by atoms with Crippen LogP contribution in [0.15, 0.2) is 67.0 Å². The zero-order chi connectivity index (χ0) is 15.4. The van der Waals surface area contributed by atoms with E-state index in [1.54, 1.807) is 6.33 Å². The van der Waals surface area contributed by atoms with Crippen molar-refractivity contribution in [2.75, 3.05) is 0 Å². The molecular weight excluding hydrogens is 312 g/mol. The van der Waals surface area contributed by atoms with E-state index in [-0.39, 0.29) is 18.8 Å². The maximum absolute atomic E-state index is 10.9. The van der Waals surface area contributed by atoms with Crippen LogP contribution in [-0.2, 0) is 11.3 Å². The van der Waals surface area contributed by atoms with Crippen molar-refractivity contribution < 1.29 is 9.90 Å². The molecule has 0 atom stereocenters. The van der Waals surface area contributed by atoms with Gasteiger partial charge in [-0.3, -0.25) is 4.79 Å². The second-order valence-corrected chi connectivity index (χ2v) is 5.01. The van der Waals surface area contributed by atoms with Gasteiger partial charge >= 0.3 is 5.97 Å². The quantitative estimate of drug-likeness (QED) is 0.766. The molecule has 0 spiro atoms. The predicted octanol–water partition coefficient (Wildman–Crippen LogP) is 4.11. The van der Waals surface area contributed by atoms with Crippen molar-refractivity contribution in [2.45, 2.75) is 13.0 Å². The maximum Gasteiger partial charge on any atom is 0.305 e. The molecule has 4 nitrogen and oxygen atoms in total. The normalized spacial score (nSPS) is 10.1. The summed E-state index contributed by atoms with van der Waals surface area (Å²) in [6.07, 6.45) is 1.79. The van der Waals surface area contributed by atoms with Crippen LogP contribution in [0.2, 0.25) is 0 Å². The van der Waals surface area contributed by atoms with Crippen molar-refractivity contribution >= 4 is 18.4 Å². The SMILES string of the molecule is Cl.O=C(O)CCn1cnc(-c2ccccc2)c1-c1ccccc1. The number of aliphatic carboxylic acids is 1. The highest BCUT2D eigenvalue weighted by Gasteiger charge is 2.15. The Bertz CT molecular complexity index is 770. The molecule has 0 fully saturated rings. The lowest BCUT2D eigenvalue weighted by atomic mass is 10.0. The summed E-state index contributed by atoms with van der Waals surface area (Å²) in [5.74, 6) is -0.811. The van der Waals surface area contributed by atoms with Crippen LogP contribution in [0.25, 0.3) is 22.5 Å². The molecule has 0 bridgehead atoms. The molecule has 1 aromatic heterocycles. The number of carbonyl (C=O) groups is 1. The van der Waals surface area contributed by atoms with Gasteiger partial charge in [0, 0.05) is 17.7 Å². The standard InChI is InChI=1S/C18H16N2O2.ClH/c21-16(22)11-12-20-13-19-17(14-7-3-1-4-8-14)18(20)15-9-5-2-6-10-15;/h1-10,13H,11-12H2,(H,21,22);1H. The summed E-state index contributed by atoms with van der Waals surface area (Å²) in [5.41, 5.74) is 3.88. The zero-order valence-corrected chi connectivity index (χ0v) is 13.2. The number of carboxylic acids is 1. The number of aryl methyl sites for hydroxylation is 1. The Morgan fingerprint density at radius 3 is 2.09 bits per heavy atom. The number of rotatable bonds is 5. The number of carboxylic acid groups (broad SMARTS) is 1. The van der Waals surface area contributed by atoms with E-state index in [1.807, 2.05) is 65.2 Å². The molecule has 0 saturated carbocycles. The molecular formula is C18H17ClN2O2. The van der Waals surface area contributed by atoms with Crippen molar-refractivity contribution in [1.82, 2.24) is 9.55 Å². The van der Waals surface area contributed by atoms with E-state index in [1.165, 1.54) is 0 Å². The predicted molar refractivity (Wildman–Crippen MR) is 92.6 cm³/mol. The van der Waals surface area contributed by atoms with Crippen LogP contribution in [0, 0.1) is 0 Å². The van der Waals surface area contributed by atoms with Gasteiger partial charge in [0.15, 0.2) is 0 Å². The van der Waals surface area contributed by atoms with Gasteiger partial charge in [0.05, 0.1) is 24.1 Å². The molecule has 0 aliphatic heterocycles. The van der Waals surface area contributed by atoms with Crippen LogP contribution in [0.4, 0.5) is 0 Å². The van der Waals surface area contributed by atoms with Gasteiger partial charge < -0.3 is 9.67 Å². The van der Waals surface area contributed by atoms with E-state index in [0.717, 1.165) is 22.5 Å². The van der Waals surface area contributed by atoms with Gasteiger partial charge in [-0.25, -0.2) is 4.98 Å². The number of hydrogen-bond donors (Lipinski definition) is 1. The Hall–Kier alpha value is -2.59. The zero-order valence-electron chi connectivity index (χ0n) is 12.4. The Labute approximate surface area is 140 Å². The monoisotopic (exact) mass is 328 g/mol. The molecule has 1 N–H and O–H groups in total. The molecule has 0 aliphatic carbocycles. The minimum Gasteiger partial charge on any atom is -0.481 e. The lowest BCUT2D eigenvalue weighted by molar-refractivity contribution is -0.137. The minimum atomic E-state index is -0.811. The Kier molecular flexibility index (Phi) is 5.55. The molecule has 5 heteroatoms. The van der Waals surface area contributed by atoms with Crippen molar-refractivity contribution in [3.05, 3.63) is 67.0 Å². The Morgan fingerprint density at radius 1 is 0.957 bits per heavy atom. The average Bonchev–Trinajstić information content (AvgIpc) is 2.98. The number of benzene rings is 2. The summed E-state index contributed by atoms with van der Waals surface area (Å²) in [6.45, 7) is 0.402. The molecule has 2 aromatic carbocycles. The molecule has 0 radical (unpaired) electrons. The molecule has 3 rings (SSSR count). The fourth-order valence-corrected chi connectivity index (χ4v) is 2.47. The summed E-state index contributed by atoms with van der Waals surface area (Å²) in [7, 11) is 0. The van der Waals surface area contributed by atoms with E-state index < -0.39 is 5.97 Å². The fourth-order valence-electron chi connectivity index (χ4n) is 2.47. The minimum absolute atomic E-state index is 0. The van der Waals surface area contributed by atoms with Gasteiger partial charge in [-0.05, 0) is 0 Å². The van der Waals surface area contributed by atoms with Gasteiger partial charge in [0.1, 0.15) is 0 Å². The Balaban J connectivity index is 0.00000192. The molecule has 0 saturated heterocycles. The number of nitrogens with zero attached hydrogens (tertiary/aromatic N) is 2. The van der Waals surface area contributed by atoms with E-state index in [9.17, 15) is 4.79 Å². The first-order valence-electron chi connectivity index (χ1n) is 7.13. The molecule has 3 aromatic rings. The first-order chi connectivity index (χ1) is 10.8. The number of halogens is 1. The summed E-state index contributed by atoms with van der Waals surface area (Å²) in [6, 6.07) is 19.9. The van der Waals surface area contributed by atoms with E-state index in [0.29, 0.717) is 6.54 Å². The summed E-state index contributed by atoms with van der Waals surface area (Å²) < 4.78 is 1.91. The van der Waals surface area contributed by atoms with Gasteiger partial charge in [-0.2, -0.15) is 0 Å². The van der Waals surface area contributed by atoms with Crippen molar-refractivity contribution in [3.63, 3.8) is 0 Å². The number of aromatic nitrogens is 2. The highest BCUT2D eigenvalue weighted by atomic mass is 35.5. The number of hydrogen-bond acceptors (Lipinski definition) is 2. The van der Waals surface area contributed by atoms with Gasteiger partial charge in [-0.15, -0.1) is 12.4 Å². The lowest BCUT2D eigenvalue weighted by Gasteiger charge is -2.09. The molecule has 0 aliphatic rings. The maximum atomic E-state index is 10.9. The first-order valence-corrected chi connectivity index (χ1v) is 7.13. The molecule has 118 valence electrons. The summed E-state index contributed by atoms with van der Waals surface area (Å²) in [5, 5.41) is 8.93. The third-order valence-electron chi connectivity index (χ3n) is 3.50. The van der Waals surface area contributed by atoms with Crippen LogP contribution >= 0.6 is 12.4 Å². The van der Waals surface area contributed by atoms with Gasteiger partial charge in [0.25, 0.3) is 0 Å². The third kappa shape index (κ3) is 3.79. The molecule has 23 heavy (non-hydrogen) atoms. The van der Waals surface area contributed by atoms with Crippen LogP contribution < -0.4 is 0 Å². The highest BCUT2D eigenvalue weighted by Crippen LogP contribution is 2.31. The smallest absolute Gasteiger partial charge is 0.305 e. The Morgan fingerprint density at radius 2 is 1.52 bits per heavy atom. The summed E-state index contributed by atoms with van der Waals surface area (Å²) >= 11 is 0. The van der Waals surface area contributed by atoms with E-state index >= 15 is 0 Å². The van der Waals surface area contributed by atoms with Crippen LogP contribution in [0.1, 0.15) is 6.42 Å². The highest BCUT2D eigenvalue weighted by molar-refractivity contribution is 5.85. The fraction of sp³-hybridized carbons (Fsp3) is 0.111. The first kappa shape index (κ1) is 16.8. The molecule has 0 amide bonds. The van der Waals surface area contributed by atoms with Crippen LogP contribution in [-0.4, -0.2) is 20.6 Å². The van der Waals surface area contributed by atoms with Crippen LogP contribution in [0.3, 0.4) is 0 Å². The second kappa shape index (κ2) is 7.61. The second-order valence-electron chi connectivity index (χ2n) is 5.01. The topological polar surface area (TPSA) is 55.1 Å². The van der Waals surface area contributed by atoms with Crippen molar-refractivity contribution in [1.29, 1.82) is 0 Å². The molecule has 1 heterocycles. The van der Waals surface area contributed by atoms with Crippen molar-refractivity contribution in [2.24, 2.45) is 0 Å². The van der Waals surface area contributed by atoms with Gasteiger partial charge in [0.2, 0.25) is 0 Å².